The molecule has 1 heterocycles. The first kappa shape index (κ1) is 27.7. The number of carbonyl (C=O) groups is 3. The van der Waals surface area contributed by atoms with E-state index >= 15 is 0 Å². The standard InChI is InChI=1S/C30H35ClN2O5/c1-32-29(35)27-17-22-15-25(38-24-11-8-10-23(31)18-24)14-13-21(22)19-33(27)28(34)12-7-5-3-2-4-6-9-20-16-26(20)30(36)37/h6,8-11,13-15,18,20,26-27H,2-5,7,12,16-17,19H2,1H3,(H,32,35)(H,36,37)/b9-6-/t20-,26+,27?/m1/s1. The molecule has 0 radical (unpaired) electrons. The van der Waals surface area contributed by atoms with Crippen LogP contribution in [-0.2, 0) is 27.3 Å². The van der Waals surface area contributed by atoms with Crippen LogP contribution < -0.4 is 10.1 Å². The molecule has 0 bridgehead atoms. The number of nitrogens with one attached hydrogen (secondary N) is 1. The first-order valence-electron chi connectivity index (χ1n) is 13.3. The molecule has 1 fully saturated rings. The molecule has 7 nitrogen and oxygen atoms in total. The highest BCUT2D eigenvalue weighted by molar-refractivity contribution is 6.30. The lowest BCUT2D eigenvalue weighted by Crippen LogP contribution is -2.51. The normalized spacial score (nSPS) is 20.2. The fraction of sp³-hybridized carbons (Fsp3) is 0.433. The van der Waals surface area contributed by atoms with E-state index in [0.29, 0.717) is 35.9 Å². The summed E-state index contributed by atoms with van der Waals surface area (Å²) < 4.78 is 5.96. The Hall–Kier alpha value is -3.32. The second kappa shape index (κ2) is 13.0. The van der Waals surface area contributed by atoms with Crippen LogP contribution in [-0.4, -0.2) is 40.9 Å². The SMILES string of the molecule is CNC(=O)C1Cc2cc(Oc3cccc(Cl)c3)ccc2CN1C(=O)CCCCCC/C=C\[C@@H]1C[C@@H]1C(=O)O. The Labute approximate surface area is 228 Å². The zero-order valence-electron chi connectivity index (χ0n) is 21.7. The van der Waals surface area contributed by atoms with Gasteiger partial charge < -0.3 is 20.1 Å². The molecule has 1 aliphatic carbocycles. The monoisotopic (exact) mass is 538 g/mol. The fourth-order valence-corrected chi connectivity index (χ4v) is 5.15. The van der Waals surface area contributed by atoms with Crippen molar-refractivity contribution < 1.29 is 24.2 Å². The Morgan fingerprint density at radius 1 is 1.08 bits per heavy atom. The molecule has 2 aliphatic rings. The summed E-state index contributed by atoms with van der Waals surface area (Å²) in [6.07, 6.45) is 10.4. The third kappa shape index (κ3) is 7.38. The number of amides is 2. The van der Waals surface area contributed by atoms with Gasteiger partial charge in [0.2, 0.25) is 11.8 Å². The summed E-state index contributed by atoms with van der Waals surface area (Å²) in [4.78, 5) is 38.4. The summed E-state index contributed by atoms with van der Waals surface area (Å²) in [6, 6.07) is 12.4. The third-order valence-corrected chi connectivity index (χ3v) is 7.50. The fourth-order valence-electron chi connectivity index (χ4n) is 4.97. The second-order valence-corrected chi connectivity index (χ2v) is 10.5. The Bertz CT molecular complexity index is 1200. The van der Waals surface area contributed by atoms with Crippen molar-refractivity contribution in [2.45, 2.75) is 64.0 Å². The van der Waals surface area contributed by atoms with E-state index in [2.05, 4.69) is 11.4 Å². The molecule has 1 unspecified atom stereocenters. The lowest BCUT2D eigenvalue weighted by molar-refractivity contribution is -0.141. The van der Waals surface area contributed by atoms with Crippen molar-refractivity contribution in [2.75, 3.05) is 7.05 Å². The summed E-state index contributed by atoms with van der Waals surface area (Å²) in [5.74, 6) is 0.438. The largest absolute Gasteiger partial charge is 0.481 e. The van der Waals surface area contributed by atoms with Crippen LogP contribution in [0.5, 0.6) is 11.5 Å². The number of halogens is 1. The van der Waals surface area contributed by atoms with E-state index in [1.165, 1.54) is 0 Å². The number of nitrogens with zero attached hydrogens (tertiary/aromatic N) is 1. The summed E-state index contributed by atoms with van der Waals surface area (Å²) in [5.41, 5.74) is 2.01. The number of hydrogen-bond donors (Lipinski definition) is 2. The van der Waals surface area contributed by atoms with Gasteiger partial charge in [-0.3, -0.25) is 14.4 Å². The lowest BCUT2D eigenvalue weighted by Gasteiger charge is -2.36. The van der Waals surface area contributed by atoms with Gasteiger partial charge in [-0.2, -0.15) is 0 Å². The minimum Gasteiger partial charge on any atom is -0.481 e. The van der Waals surface area contributed by atoms with Crippen molar-refractivity contribution in [3.63, 3.8) is 0 Å². The van der Waals surface area contributed by atoms with Crippen LogP contribution in [0, 0.1) is 11.8 Å². The van der Waals surface area contributed by atoms with E-state index in [0.717, 1.165) is 49.7 Å². The van der Waals surface area contributed by atoms with E-state index in [4.69, 9.17) is 21.4 Å². The van der Waals surface area contributed by atoms with Crippen molar-refractivity contribution in [2.24, 2.45) is 11.8 Å². The molecule has 0 spiro atoms. The van der Waals surface area contributed by atoms with Crippen molar-refractivity contribution in [1.29, 1.82) is 0 Å². The maximum absolute atomic E-state index is 13.1. The molecule has 0 aromatic heterocycles. The average Bonchev–Trinajstić information content (AvgIpc) is 3.69. The van der Waals surface area contributed by atoms with Gasteiger partial charge in [-0.25, -0.2) is 0 Å². The molecule has 1 aliphatic heterocycles. The van der Waals surface area contributed by atoms with E-state index in [1.807, 2.05) is 36.4 Å². The smallest absolute Gasteiger partial charge is 0.307 e. The highest BCUT2D eigenvalue weighted by Crippen LogP contribution is 2.39. The Morgan fingerprint density at radius 2 is 1.87 bits per heavy atom. The van der Waals surface area contributed by atoms with Gasteiger partial charge in [0.1, 0.15) is 17.5 Å². The Morgan fingerprint density at radius 3 is 2.61 bits per heavy atom. The van der Waals surface area contributed by atoms with Crippen LogP contribution in [0.4, 0.5) is 0 Å². The third-order valence-electron chi connectivity index (χ3n) is 7.26. The minimum atomic E-state index is -0.701. The van der Waals surface area contributed by atoms with Crippen LogP contribution >= 0.6 is 11.6 Å². The van der Waals surface area contributed by atoms with Gasteiger partial charge in [0.05, 0.1) is 5.92 Å². The maximum atomic E-state index is 13.1. The Balaban J connectivity index is 1.26. The first-order chi connectivity index (χ1) is 18.4. The predicted molar refractivity (Wildman–Crippen MR) is 146 cm³/mol. The van der Waals surface area contributed by atoms with Gasteiger partial charge in [0.25, 0.3) is 0 Å². The molecule has 202 valence electrons. The minimum absolute atomic E-state index is 0.00292. The molecule has 0 saturated heterocycles. The number of carbonyl (C=O) groups excluding carboxylic acids is 2. The highest BCUT2D eigenvalue weighted by Gasteiger charge is 2.41. The van der Waals surface area contributed by atoms with Gasteiger partial charge in [0.15, 0.2) is 0 Å². The lowest BCUT2D eigenvalue weighted by atomic mass is 9.92. The molecule has 2 aromatic rings. The number of aliphatic carboxylic acids is 1. The molecule has 3 atom stereocenters. The van der Waals surface area contributed by atoms with Crippen LogP contribution in [0.2, 0.25) is 5.02 Å². The zero-order valence-corrected chi connectivity index (χ0v) is 22.5. The number of allylic oxidation sites excluding steroid dienone is 2. The summed E-state index contributed by atoms with van der Waals surface area (Å²) in [7, 11) is 1.60. The van der Waals surface area contributed by atoms with Crippen LogP contribution in [0.1, 0.15) is 56.1 Å². The summed E-state index contributed by atoms with van der Waals surface area (Å²) in [6.45, 7) is 0.396. The molecular weight excluding hydrogens is 504 g/mol. The predicted octanol–water partition coefficient (Wildman–Crippen LogP) is 5.75. The van der Waals surface area contributed by atoms with Gasteiger partial charge >= 0.3 is 5.97 Å². The number of carboxylic acids is 1. The molecule has 1 saturated carbocycles. The number of rotatable bonds is 12. The molecule has 38 heavy (non-hydrogen) atoms. The number of fused-ring (bicyclic) bond motifs is 1. The van der Waals surface area contributed by atoms with Gasteiger partial charge in [-0.1, -0.05) is 48.7 Å². The van der Waals surface area contributed by atoms with E-state index in [-0.39, 0.29) is 23.7 Å². The first-order valence-corrected chi connectivity index (χ1v) is 13.7. The van der Waals surface area contributed by atoms with Crippen LogP contribution in [0.25, 0.3) is 0 Å². The Kier molecular flexibility index (Phi) is 9.45. The van der Waals surface area contributed by atoms with E-state index < -0.39 is 12.0 Å². The molecule has 2 aromatic carbocycles. The summed E-state index contributed by atoms with van der Waals surface area (Å²) >= 11 is 6.06. The van der Waals surface area contributed by atoms with E-state index in [1.54, 1.807) is 24.1 Å². The second-order valence-electron chi connectivity index (χ2n) is 10.1. The number of carboxylic acid groups (broad SMARTS) is 1. The molecular formula is C30H35ClN2O5. The molecule has 4 rings (SSSR count). The molecule has 2 amide bonds. The average molecular weight is 539 g/mol. The quantitative estimate of drug-likeness (QED) is 0.265. The van der Waals surface area contributed by atoms with Crippen LogP contribution in [0.3, 0.4) is 0 Å². The maximum Gasteiger partial charge on any atom is 0.307 e. The summed E-state index contributed by atoms with van der Waals surface area (Å²) in [5, 5.41) is 12.2. The van der Waals surface area contributed by atoms with Gasteiger partial charge in [-0.05, 0) is 73.1 Å². The number of benzene rings is 2. The number of ether oxygens (including phenoxy) is 1. The molecule has 8 heteroatoms. The molecule has 2 N–H and O–H groups in total. The van der Waals surface area contributed by atoms with Gasteiger partial charge in [0, 0.05) is 31.5 Å². The zero-order chi connectivity index (χ0) is 27.1. The van der Waals surface area contributed by atoms with Crippen LogP contribution in [0.15, 0.2) is 54.6 Å². The van der Waals surface area contributed by atoms with Gasteiger partial charge in [-0.15, -0.1) is 0 Å². The van der Waals surface area contributed by atoms with E-state index in [9.17, 15) is 14.4 Å². The topological polar surface area (TPSA) is 95.9 Å². The van der Waals surface area contributed by atoms with Crippen molar-refractivity contribution in [3.8, 4) is 11.5 Å². The van der Waals surface area contributed by atoms with Crippen molar-refractivity contribution >= 4 is 29.4 Å². The van der Waals surface area contributed by atoms with Crippen molar-refractivity contribution in [1.82, 2.24) is 10.2 Å². The number of hydrogen-bond acceptors (Lipinski definition) is 4. The van der Waals surface area contributed by atoms with Crippen molar-refractivity contribution in [3.05, 3.63) is 70.8 Å². The number of likely N-dealkylation sites (N-methyl/N-ethyl adjacent to an activating group) is 1. The number of unbranched alkanes of at least 4 members (excludes halogenated alkanes) is 4. The highest BCUT2D eigenvalue weighted by atomic mass is 35.5.